The monoisotopic (exact) mass is 565 g/mol. The molecule has 0 bridgehead atoms. The van der Waals surface area contributed by atoms with Gasteiger partial charge in [0, 0.05) is 18.2 Å². The summed E-state index contributed by atoms with van der Waals surface area (Å²) in [6.45, 7) is 7.27. The molecule has 4 aromatic rings. The number of aromatic nitrogens is 2. The molecule has 0 fully saturated rings. The summed E-state index contributed by atoms with van der Waals surface area (Å²) < 4.78 is 18.5. The largest absolute Gasteiger partial charge is 0.445 e. The lowest BCUT2D eigenvalue weighted by molar-refractivity contribution is 0.0915. The predicted octanol–water partition coefficient (Wildman–Crippen LogP) is 5.47. The minimum atomic E-state index is -0.913. The molecule has 0 atom stereocenters. The second-order valence-corrected chi connectivity index (χ2v) is 11.1. The van der Waals surface area contributed by atoms with E-state index in [0.29, 0.717) is 28.4 Å². The number of carbonyl (C=O) groups is 3. The van der Waals surface area contributed by atoms with Crippen LogP contribution in [-0.2, 0) is 16.8 Å². The molecule has 40 heavy (non-hydrogen) atoms. The van der Waals surface area contributed by atoms with Gasteiger partial charge < -0.3 is 20.7 Å². The van der Waals surface area contributed by atoms with Gasteiger partial charge in [-0.1, -0.05) is 56.3 Å². The minimum absolute atomic E-state index is 0.0837. The Balaban J connectivity index is 1.60. The molecule has 2 heterocycles. The summed E-state index contributed by atoms with van der Waals surface area (Å²) in [5.74, 6) is -0.712. The van der Waals surface area contributed by atoms with Gasteiger partial charge in [0.2, 0.25) is 0 Å². The van der Waals surface area contributed by atoms with Gasteiger partial charge in [0.15, 0.2) is 5.82 Å². The molecule has 0 saturated carbocycles. The van der Waals surface area contributed by atoms with Crippen molar-refractivity contribution in [3.8, 4) is 0 Å². The van der Waals surface area contributed by atoms with E-state index in [-0.39, 0.29) is 16.6 Å². The summed E-state index contributed by atoms with van der Waals surface area (Å²) in [5, 5.41) is 13.7. The number of alkyl halides is 1. The van der Waals surface area contributed by atoms with Crippen molar-refractivity contribution < 1.29 is 23.5 Å². The molecule has 0 aliphatic rings. The van der Waals surface area contributed by atoms with Gasteiger partial charge in [0.1, 0.15) is 18.1 Å². The standard InChI is InChI=1S/C29H32FN5O4S/c1-18(2)31-17-19-10-12-20(13-11-19)25(36)32-24-22-16-23(40-27(22)35(34-24)28(38)39-15-14-30)26(37)33-29(3,4)21-8-6-5-7-9-21/h5-13,16,18,31H,14-15,17H2,1-4H3,(H,33,37)(H,32,34,36). The van der Waals surface area contributed by atoms with Crippen LogP contribution in [0.5, 0.6) is 0 Å². The number of benzene rings is 2. The first-order valence-electron chi connectivity index (χ1n) is 12.9. The van der Waals surface area contributed by atoms with Crippen LogP contribution in [0.25, 0.3) is 10.2 Å². The summed E-state index contributed by atoms with van der Waals surface area (Å²) in [5.41, 5.74) is 1.67. The lowest BCUT2D eigenvalue weighted by Crippen LogP contribution is -2.40. The molecule has 4 rings (SSSR count). The molecule has 2 aromatic heterocycles. The molecule has 9 nitrogen and oxygen atoms in total. The number of hydrogen-bond acceptors (Lipinski definition) is 7. The number of nitrogens with zero attached hydrogens (tertiary/aromatic N) is 2. The van der Waals surface area contributed by atoms with Gasteiger partial charge in [-0.05, 0) is 43.2 Å². The van der Waals surface area contributed by atoms with Crippen LogP contribution < -0.4 is 16.0 Å². The fourth-order valence-corrected chi connectivity index (χ4v) is 4.97. The van der Waals surface area contributed by atoms with Gasteiger partial charge in [0.05, 0.1) is 15.8 Å². The normalized spacial score (nSPS) is 11.6. The first-order chi connectivity index (χ1) is 19.1. The Bertz CT molecular complexity index is 1500. The van der Waals surface area contributed by atoms with Crippen LogP contribution in [0.15, 0.2) is 60.7 Å². The van der Waals surface area contributed by atoms with Crippen molar-refractivity contribution in [2.45, 2.75) is 45.8 Å². The Morgan fingerprint density at radius 2 is 1.75 bits per heavy atom. The second kappa shape index (κ2) is 12.4. The fourth-order valence-electron chi connectivity index (χ4n) is 3.97. The molecular weight excluding hydrogens is 533 g/mol. The number of anilines is 1. The highest BCUT2D eigenvalue weighted by Gasteiger charge is 2.27. The van der Waals surface area contributed by atoms with Crippen molar-refractivity contribution in [2.75, 3.05) is 18.6 Å². The molecule has 0 radical (unpaired) electrons. The Labute approximate surface area is 235 Å². The van der Waals surface area contributed by atoms with Crippen LogP contribution in [-0.4, -0.2) is 47.0 Å². The third-order valence-corrected chi connectivity index (χ3v) is 7.25. The first kappa shape index (κ1) is 28.9. The van der Waals surface area contributed by atoms with Crippen LogP contribution in [0.2, 0.25) is 0 Å². The molecule has 0 aliphatic carbocycles. The molecule has 3 N–H and O–H groups in total. The summed E-state index contributed by atoms with van der Waals surface area (Å²) in [6.07, 6.45) is -0.913. The maximum atomic E-state index is 13.2. The quantitative estimate of drug-likeness (QED) is 0.235. The van der Waals surface area contributed by atoms with Crippen molar-refractivity contribution in [3.05, 3.63) is 82.2 Å². The van der Waals surface area contributed by atoms with Crippen molar-refractivity contribution in [3.63, 3.8) is 0 Å². The number of ether oxygens (including phenoxy) is 1. The molecule has 210 valence electrons. The Morgan fingerprint density at radius 3 is 2.40 bits per heavy atom. The zero-order chi connectivity index (χ0) is 28.9. The molecule has 2 aromatic carbocycles. The summed E-state index contributed by atoms with van der Waals surface area (Å²) in [6, 6.07) is 18.5. The average molecular weight is 566 g/mol. The average Bonchev–Trinajstić information content (AvgIpc) is 3.52. The van der Waals surface area contributed by atoms with Crippen molar-refractivity contribution in [1.82, 2.24) is 20.4 Å². The topological polar surface area (TPSA) is 114 Å². The van der Waals surface area contributed by atoms with E-state index in [2.05, 4.69) is 34.9 Å². The number of hydrogen-bond donors (Lipinski definition) is 3. The van der Waals surface area contributed by atoms with E-state index in [1.807, 2.05) is 56.3 Å². The summed E-state index contributed by atoms with van der Waals surface area (Å²) in [4.78, 5) is 39.5. The lowest BCUT2D eigenvalue weighted by atomic mass is 9.94. The molecule has 0 unspecified atom stereocenters. The van der Waals surface area contributed by atoms with Crippen molar-refractivity contribution in [2.24, 2.45) is 0 Å². The molecule has 0 saturated heterocycles. The summed E-state index contributed by atoms with van der Waals surface area (Å²) >= 11 is 1.02. The van der Waals surface area contributed by atoms with Gasteiger partial charge in [0.25, 0.3) is 11.8 Å². The summed E-state index contributed by atoms with van der Waals surface area (Å²) in [7, 11) is 0. The smallest absolute Gasteiger partial charge is 0.436 e. The number of halogens is 1. The van der Waals surface area contributed by atoms with E-state index in [9.17, 15) is 18.8 Å². The highest BCUT2D eigenvalue weighted by atomic mass is 32.1. The van der Waals surface area contributed by atoms with Gasteiger partial charge in [-0.25, -0.2) is 9.18 Å². The Hall–Kier alpha value is -4.09. The first-order valence-corrected chi connectivity index (χ1v) is 13.7. The molecule has 0 spiro atoms. The van der Waals surface area contributed by atoms with E-state index >= 15 is 0 Å². The maximum absolute atomic E-state index is 13.2. The van der Waals surface area contributed by atoms with E-state index in [4.69, 9.17) is 4.74 Å². The van der Waals surface area contributed by atoms with Crippen LogP contribution >= 0.6 is 11.3 Å². The highest BCUT2D eigenvalue weighted by Crippen LogP contribution is 2.33. The van der Waals surface area contributed by atoms with Crippen molar-refractivity contribution in [1.29, 1.82) is 0 Å². The zero-order valence-corrected chi connectivity index (χ0v) is 23.6. The number of carbonyl (C=O) groups excluding carboxylic acids is 3. The fraction of sp³-hybridized carbons (Fsp3) is 0.310. The number of rotatable bonds is 10. The van der Waals surface area contributed by atoms with Gasteiger partial charge in [-0.15, -0.1) is 16.4 Å². The van der Waals surface area contributed by atoms with Crippen LogP contribution in [0.4, 0.5) is 15.0 Å². The van der Waals surface area contributed by atoms with E-state index in [1.54, 1.807) is 18.2 Å². The van der Waals surface area contributed by atoms with Gasteiger partial charge >= 0.3 is 6.09 Å². The predicted molar refractivity (Wildman–Crippen MR) is 154 cm³/mol. The zero-order valence-electron chi connectivity index (χ0n) is 22.8. The Morgan fingerprint density at radius 1 is 1.05 bits per heavy atom. The maximum Gasteiger partial charge on any atom is 0.436 e. The minimum Gasteiger partial charge on any atom is -0.445 e. The second-order valence-electron chi connectivity index (χ2n) is 10.0. The highest BCUT2D eigenvalue weighted by molar-refractivity contribution is 7.20. The van der Waals surface area contributed by atoms with Gasteiger partial charge in [-0.3, -0.25) is 9.59 Å². The third kappa shape index (κ3) is 6.72. The van der Waals surface area contributed by atoms with Crippen LogP contribution in [0.1, 0.15) is 58.9 Å². The van der Waals surface area contributed by atoms with E-state index < -0.39 is 30.8 Å². The number of nitrogens with one attached hydrogen (secondary N) is 3. The lowest BCUT2D eigenvalue weighted by Gasteiger charge is -2.26. The van der Waals surface area contributed by atoms with Crippen LogP contribution in [0.3, 0.4) is 0 Å². The van der Waals surface area contributed by atoms with E-state index in [0.717, 1.165) is 27.1 Å². The number of amides is 2. The van der Waals surface area contributed by atoms with E-state index in [1.165, 1.54) is 0 Å². The third-order valence-electron chi connectivity index (χ3n) is 6.14. The van der Waals surface area contributed by atoms with Crippen LogP contribution in [0, 0.1) is 0 Å². The number of thiophene rings is 1. The molecule has 2 amide bonds. The number of fused-ring (bicyclic) bond motifs is 1. The molecule has 11 heteroatoms. The molecule has 0 aliphatic heterocycles. The molecular formula is C29H32FN5O4S. The van der Waals surface area contributed by atoms with Gasteiger partial charge in [-0.2, -0.15) is 4.68 Å². The SMILES string of the molecule is CC(C)NCc1ccc(C(=O)Nc2nn(C(=O)OCCF)c3sc(C(=O)NC(C)(C)c4ccccc4)cc23)cc1. The Kier molecular flexibility index (Phi) is 8.96. The van der Waals surface area contributed by atoms with Crippen molar-refractivity contribution >= 4 is 45.3 Å².